The number of benzene rings is 1. The molecule has 0 bridgehead atoms. The number of ether oxygens (including phenoxy) is 1. The van der Waals surface area contributed by atoms with E-state index in [-0.39, 0.29) is 11.8 Å². The number of aromatic nitrogens is 2. The molecule has 0 atom stereocenters. The van der Waals surface area contributed by atoms with Crippen LogP contribution in [-0.4, -0.2) is 36.1 Å². The maximum absolute atomic E-state index is 12.5. The molecule has 1 saturated heterocycles. The topological polar surface area (TPSA) is 67.3 Å². The number of fused-ring (bicyclic) bond motifs is 1. The molecule has 1 aromatic carbocycles. The van der Waals surface area contributed by atoms with Crippen molar-refractivity contribution in [2.75, 3.05) is 30.4 Å². The SMILES string of the molecule is COc1ccc2nccc(N3CCC(C(=O)Nc4ncc(C)s4)CC3)c2c1. The highest BCUT2D eigenvalue weighted by Crippen LogP contribution is 2.32. The van der Waals surface area contributed by atoms with E-state index in [9.17, 15) is 4.79 Å². The summed E-state index contributed by atoms with van der Waals surface area (Å²) in [6.45, 7) is 3.66. The Morgan fingerprint density at radius 3 is 2.78 bits per heavy atom. The first-order chi connectivity index (χ1) is 13.1. The molecular formula is C20H22N4O2S. The van der Waals surface area contributed by atoms with E-state index in [1.54, 1.807) is 13.3 Å². The zero-order chi connectivity index (χ0) is 18.8. The van der Waals surface area contributed by atoms with Crippen molar-refractivity contribution in [3.05, 3.63) is 41.5 Å². The Kier molecular flexibility index (Phi) is 4.94. The summed E-state index contributed by atoms with van der Waals surface area (Å²) in [4.78, 5) is 24.6. The van der Waals surface area contributed by atoms with Gasteiger partial charge < -0.3 is 15.0 Å². The molecule has 140 valence electrons. The highest BCUT2D eigenvalue weighted by Gasteiger charge is 2.26. The smallest absolute Gasteiger partial charge is 0.229 e. The molecule has 4 rings (SSSR count). The number of anilines is 2. The third kappa shape index (κ3) is 3.73. The number of nitrogens with one attached hydrogen (secondary N) is 1. The van der Waals surface area contributed by atoms with Crippen molar-refractivity contribution in [2.45, 2.75) is 19.8 Å². The van der Waals surface area contributed by atoms with Gasteiger partial charge in [-0.1, -0.05) is 0 Å². The summed E-state index contributed by atoms with van der Waals surface area (Å²) in [6.07, 6.45) is 5.27. The number of thiazole rings is 1. The maximum atomic E-state index is 12.5. The Hall–Kier alpha value is -2.67. The normalized spacial score (nSPS) is 15.1. The van der Waals surface area contributed by atoms with E-state index in [1.165, 1.54) is 11.3 Å². The highest BCUT2D eigenvalue weighted by molar-refractivity contribution is 7.15. The molecule has 6 nitrogen and oxygen atoms in total. The van der Waals surface area contributed by atoms with Crippen molar-refractivity contribution in [3.63, 3.8) is 0 Å². The zero-order valence-corrected chi connectivity index (χ0v) is 16.3. The first-order valence-corrected chi connectivity index (χ1v) is 9.86. The molecule has 1 aliphatic rings. The van der Waals surface area contributed by atoms with E-state index in [4.69, 9.17) is 4.74 Å². The van der Waals surface area contributed by atoms with Crippen LogP contribution in [0.2, 0.25) is 0 Å². The number of carbonyl (C=O) groups is 1. The van der Waals surface area contributed by atoms with Gasteiger partial charge in [0.1, 0.15) is 5.75 Å². The van der Waals surface area contributed by atoms with Gasteiger partial charge in [-0.2, -0.15) is 0 Å². The predicted molar refractivity (Wildman–Crippen MR) is 109 cm³/mol. The van der Waals surface area contributed by atoms with E-state index in [2.05, 4.69) is 20.2 Å². The van der Waals surface area contributed by atoms with E-state index in [0.29, 0.717) is 5.13 Å². The average molecular weight is 382 g/mol. The van der Waals surface area contributed by atoms with Crippen molar-refractivity contribution in [1.82, 2.24) is 9.97 Å². The van der Waals surface area contributed by atoms with Gasteiger partial charge in [0.05, 0.1) is 12.6 Å². The highest BCUT2D eigenvalue weighted by atomic mass is 32.1. The molecular weight excluding hydrogens is 360 g/mol. The second-order valence-corrected chi connectivity index (χ2v) is 7.97. The lowest BCUT2D eigenvalue weighted by molar-refractivity contribution is -0.120. The minimum Gasteiger partial charge on any atom is -0.497 e. The molecule has 0 saturated carbocycles. The molecule has 1 aliphatic heterocycles. The van der Waals surface area contributed by atoms with Crippen molar-refractivity contribution >= 4 is 39.0 Å². The number of hydrogen-bond donors (Lipinski definition) is 1. The van der Waals surface area contributed by atoms with Crippen LogP contribution < -0.4 is 15.0 Å². The summed E-state index contributed by atoms with van der Waals surface area (Å²) < 4.78 is 5.37. The van der Waals surface area contributed by atoms with Crippen LogP contribution in [0, 0.1) is 12.8 Å². The Bertz CT molecular complexity index is 964. The van der Waals surface area contributed by atoms with Crippen LogP contribution in [0.4, 0.5) is 10.8 Å². The van der Waals surface area contributed by atoms with E-state index in [1.807, 2.05) is 37.4 Å². The third-order valence-electron chi connectivity index (χ3n) is 4.98. The van der Waals surface area contributed by atoms with Gasteiger partial charge in [0, 0.05) is 47.4 Å². The number of piperidine rings is 1. The fourth-order valence-corrected chi connectivity index (χ4v) is 4.18. The Balaban J connectivity index is 1.46. The van der Waals surface area contributed by atoms with Crippen molar-refractivity contribution in [1.29, 1.82) is 0 Å². The molecule has 7 heteroatoms. The minimum atomic E-state index is 0.0214. The Labute approximate surface area is 162 Å². The summed E-state index contributed by atoms with van der Waals surface area (Å²) in [5.41, 5.74) is 2.10. The fourth-order valence-electron chi connectivity index (χ4n) is 3.52. The quantitative estimate of drug-likeness (QED) is 0.742. The molecule has 27 heavy (non-hydrogen) atoms. The standard InChI is InChI=1S/C20H22N4O2S/c1-13-12-22-20(27-13)23-19(25)14-6-9-24(10-7-14)18-5-8-21-17-4-3-15(26-2)11-16(17)18/h3-5,8,11-12,14H,6-7,9-10H2,1-2H3,(H,22,23,25). The van der Waals surface area contributed by atoms with Crippen molar-refractivity contribution in [2.24, 2.45) is 5.92 Å². The zero-order valence-electron chi connectivity index (χ0n) is 15.4. The monoisotopic (exact) mass is 382 g/mol. The summed E-state index contributed by atoms with van der Waals surface area (Å²) in [5.74, 6) is 0.920. The second kappa shape index (κ2) is 7.52. The number of pyridine rings is 1. The fraction of sp³-hybridized carbons (Fsp3) is 0.350. The molecule has 0 unspecified atom stereocenters. The van der Waals surface area contributed by atoms with Crippen LogP contribution in [0.1, 0.15) is 17.7 Å². The number of aryl methyl sites for hydroxylation is 1. The molecule has 1 N–H and O–H groups in total. The molecule has 1 amide bonds. The average Bonchev–Trinajstić information content (AvgIpc) is 3.11. The molecule has 3 heterocycles. The molecule has 1 fully saturated rings. The van der Waals surface area contributed by atoms with Crippen LogP contribution in [0.3, 0.4) is 0 Å². The summed E-state index contributed by atoms with van der Waals surface area (Å²) >= 11 is 1.51. The minimum absolute atomic E-state index is 0.0214. The lowest BCUT2D eigenvalue weighted by Crippen LogP contribution is -2.38. The number of amides is 1. The summed E-state index contributed by atoms with van der Waals surface area (Å²) in [7, 11) is 1.67. The first-order valence-electron chi connectivity index (χ1n) is 9.05. The van der Waals surface area contributed by atoms with Crippen LogP contribution in [0.5, 0.6) is 5.75 Å². The van der Waals surface area contributed by atoms with Crippen LogP contribution in [0.15, 0.2) is 36.7 Å². The number of methoxy groups -OCH3 is 1. The van der Waals surface area contributed by atoms with Crippen LogP contribution in [0.25, 0.3) is 10.9 Å². The lowest BCUT2D eigenvalue weighted by Gasteiger charge is -2.33. The lowest BCUT2D eigenvalue weighted by atomic mass is 9.95. The Morgan fingerprint density at radius 1 is 1.26 bits per heavy atom. The van der Waals surface area contributed by atoms with Crippen molar-refractivity contribution < 1.29 is 9.53 Å². The first kappa shape index (κ1) is 17.7. The second-order valence-electron chi connectivity index (χ2n) is 6.74. The molecule has 3 aromatic rings. The van der Waals surface area contributed by atoms with Gasteiger partial charge in [-0.3, -0.25) is 9.78 Å². The van der Waals surface area contributed by atoms with Crippen LogP contribution >= 0.6 is 11.3 Å². The summed E-state index contributed by atoms with van der Waals surface area (Å²) in [6, 6.07) is 7.98. The Morgan fingerprint density at radius 2 is 2.07 bits per heavy atom. The third-order valence-corrected chi connectivity index (χ3v) is 5.81. The molecule has 0 spiro atoms. The van der Waals surface area contributed by atoms with E-state index < -0.39 is 0 Å². The van der Waals surface area contributed by atoms with E-state index >= 15 is 0 Å². The van der Waals surface area contributed by atoms with Gasteiger partial charge in [-0.25, -0.2) is 4.98 Å². The predicted octanol–water partition coefficient (Wildman–Crippen LogP) is 3.86. The maximum Gasteiger partial charge on any atom is 0.229 e. The van der Waals surface area contributed by atoms with Gasteiger partial charge in [0.2, 0.25) is 5.91 Å². The number of rotatable bonds is 4. The largest absolute Gasteiger partial charge is 0.497 e. The molecule has 0 aliphatic carbocycles. The van der Waals surface area contributed by atoms with Gasteiger partial charge in [-0.15, -0.1) is 11.3 Å². The number of carbonyl (C=O) groups excluding carboxylic acids is 1. The molecule has 0 radical (unpaired) electrons. The van der Waals surface area contributed by atoms with Gasteiger partial charge in [0.15, 0.2) is 5.13 Å². The summed E-state index contributed by atoms with van der Waals surface area (Å²) in [5, 5.41) is 4.72. The van der Waals surface area contributed by atoms with Gasteiger partial charge in [0.25, 0.3) is 0 Å². The number of hydrogen-bond acceptors (Lipinski definition) is 6. The van der Waals surface area contributed by atoms with Crippen LogP contribution in [-0.2, 0) is 4.79 Å². The molecule has 2 aromatic heterocycles. The van der Waals surface area contributed by atoms with E-state index in [0.717, 1.165) is 53.1 Å². The van der Waals surface area contributed by atoms with Crippen molar-refractivity contribution in [3.8, 4) is 5.75 Å². The van der Waals surface area contributed by atoms with Gasteiger partial charge in [-0.05, 0) is 44.0 Å². The number of nitrogens with zero attached hydrogens (tertiary/aromatic N) is 3. The van der Waals surface area contributed by atoms with Gasteiger partial charge >= 0.3 is 0 Å².